The van der Waals surface area contributed by atoms with Gasteiger partial charge in [0.2, 0.25) is 0 Å². The lowest BCUT2D eigenvalue weighted by Gasteiger charge is -2.22. The number of carbonyl (C=O) groups is 2. The fraction of sp³-hybridized carbons (Fsp3) is 0.714. The summed E-state index contributed by atoms with van der Waals surface area (Å²) >= 11 is 0. The second-order valence-electron chi connectivity index (χ2n) is 2.59. The third kappa shape index (κ3) is 4.91. The smallest absolute Gasteiger partial charge is 0.434 e. The predicted molar refractivity (Wildman–Crippen MR) is 38.6 cm³/mol. The zero-order chi connectivity index (χ0) is 13.9. The van der Waals surface area contributed by atoms with Gasteiger partial charge in [0.15, 0.2) is 0 Å². The van der Waals surface area contributed by atoms with Crippen LogP contribution in [0.3, 0.4) is 0 Å². The van der Waals surface area contributed by atoms with Crippen molar-refractivity contribution in [2.24, 2.45) is 0 Å². The third-order valence-electron chi connectivity index (χ3n) is 1.26. The Morgan fingerprint density at radius 1 is 1.00 bits per heavy atom. The average molecular weight is 268 g/mol. The molecule has 0 amide bonds. The maximum Gasteiger partial charge on any atom is 0.434 e. The highest BCUT2D eigenvalue weighted by atomic mass is 19.4. The average Bonchev–Trinajstić information content (AvgIpc) is 2.10. The Kier molecular flexibility index (Phi) is 4.78. The fourth-order valence-corrected chi connectivity index (χ4v) is 0.664. The maximum atomic E-state index is 11.9. The molecule has 0 aliphatic rings. The zero-order valence-electron chi connectivity index (χ0n) is 8.19. The van der Waals surface area contributed by atoms with Crippen LogP contribution in [0.5, 0.6) is 0 Å². The van der Waals surface area contributed by atoms with Crippen molar-refractivity contribution in [2.75, 3.05) is 6.61 Å². The van der Waals surface area contributed by atoms with E-state index in [0.717, 1.165) is 0 Å². The Morgan fingerprint density at radius 3 is 1.71 bits per heavy atom. The Balaban J connectivity index is 4.80. The molecule has 0 unspecified atom stereocenters. The van der Waals surface area contributed by atoms with Gasteiger partial charge in [-0.2, -0.15) is 26.3 Å². The van der Waals surface area contributed by atoms with E-state index < -0.39 is 37.0 Å². The molecule has 0 atom stereocenters. The van der Waals surface area contributed by atoms with Gasteiger partial charge < -0.3 is 9.47 Å². The molecule has 0 saturated heterocycles. The molecule has 0 aromatic carbocycles. The number of hydrogen-bond acceptors (Lipinski definition) is 4. The molecule has 0 fully saturated rings. The van der Waals surface area contributed by atoms with Gasteiger partial charge in [0.1, 0.15) is 0 Å². The van der Waals surface area contributed by atoms with Gasteiger partial charge in [-0.05, 0) is 6.92 Å². The first-order valence-corrected chi connectivity index (χ1v) is 4.01. The summed E-state index contributed by atoms with van der Waals surface area (Å²) in [6, 6.07) is 0. The molecule has 0 aromatic rings. The van der Waals surface area contributed by atoms with Crippen LogP contribution in [0, 0.1) is 0 Å². The minimum Gasteiger partial charge on any atom is -0.458 e. The van der Waals surface area contributed by atoms with Crippen molar-refractivity contribution in [3.63, 3.8) is 0 Å². The van der Waals surface area contributed by atoms with E-state index in [1.165, 1.54) is 6.92 Å². The molecular formula is C7H6F6O4. The molecule has 4 nitrogen and oxygen atoms in total. The summed E-state index contributed by atoms with van der Waals surface area (Å²) < 4.78 is 78.2. The highest BCUT2D eigenvalue weighted by Crippen LogP contribution is 2.35. The van der Waals surface area contributed by atoms with Crippen molar-refractivity contribution in [1.29, 1.82) is 0 Å². The van der Waals surface area contributed by atoms with Gasteiger partial charge >= 0.3 is 24.3 Å². The SMILES string of the molecule is CCOC(=O)C(=O)OC(C(F)(F)F)C(F)(F)F. The summed E-state index contributed by atoms with van der Waals surface area (Å²) in [5.41, 5.74) is 0. The highest BCUT2D eigenvalue weighted by Gasteiger charge is 2.60. The van der Waals surface area contributed by atoms with E-state index >= 15 is 0 Å². The predicted octanol–water partition coefficient (Wildman–Crippen LogP) is 1.59. The van der Waals surface area contributed by atoms with E-state index in [9.17, 15) is 35.9 Å². The zero-order valence-corrected chi connectivity index (χ0v) is 8.19. The lowest BCUT2D eigenvalue weighted by Crippen LogP contribution is -2.46. The van der Waals surface area contributed by atoms with E-state index in [1.807, 2.05) is 0 Å². The summed E-state index contributed by atoms with van der Waals surface area (Å²) in [6.45, 7) is 0.812. The monoisotopic (exact) mass is 268 g/mol. The summed E-state index contributed by atoms with van der Waals surface area (Å²) in [6.07, 6.45) is -16.1. The van der Waals surface area contributed by atoms with Crippen LogP contribution in [0.25, 0.3) is 0 Å². The van der Waals surface area contributed by atoms with Gasteiger partial charge in [0.05, 0.1) is 6.61 Å². The first-order valence-electron chi connectivity index (χ1n) is 4.01. The summed E-state index contributed by atoms with van der Waals surface area (Å²) in [4.78, 5) is 21.0. The number of carbonyl (C=O) groups excluding carboxylic acids is 2. The minimum absolute atomic E-state index is 0.392. The molecule has 0 bridgehead atoms. The Morgan fingerprint density at radius 2 is 1.41 bits per heavy atom. The van der Waals surface area contributed by atoms with Crippen molar-refractivity contribution < 1.29 is 45.4 Å². The summed E-state index contributed by atoms with van der Waals surface area (Å²) in [5, 5.41) is 0. The van der Waals surface area contributed by atoms with Crippen molar-refractivity contribution in [1.82, 2.24) is 0 Å². The van der Waals surface area contributed by atoms with Crippen molar-refractivity contribution >= 4 is 11.9 Å². The molecule has 0 saturated carbocycles. The lowest BCUT2D eigenvalue weighted by molar-refractivity contribution is -0.312. The van der Waals surface area contributed by atoms with Crippen LogP contribution in [0.4, 0.5) is 26.3 Å². The Hall–Kier alpha value is -1.48. The Labute approximate surface area is 90.5 Å². The molecule has 100 valence electrons. The lowest BCUT2D eigenvalue weighted by atomic mass is 10.3. The van der Waals surface area contributed by atoms with E-state index in [4.69, 9.17) is 0 Å². The van der Waals surface area contributed by atoms with Gasteiger partial charge in [-0.15, -0.1) is 0 Å². The van der Waals surface area contributed by atoms with E-state index in [1.54, 1.807) is 0 Å². The molecular weight excluding hydrogens is 262 g/mol. The highest BCUT2D eigenvalue weighted by molar-refractivity contribution is 6.29. The fourth-order valence-electron chi connectivity index (χ4n) is 0.664. The summed E-state index contributed by atoms with van der Waals surface area (Å²) in [7, 11) is 0. The number of esters is 2. The largest absolute Gasteiger partial charge is 0.458 e. The van der Waals surface area contributed by atoms with Gasteiger partial charge in [-0.25, -0.2) is 9.59 Å². The van der Waals surface area contributed by atoms with Crippen LogP contribution in [0.15, 0.2) is 0 Å². The van der Waals surface area contributed by atoms with Crippen LogP contribution in [0.1, 0.15) is 6.92 Å². The molecule has 0 heterocycles. The molecule has 0 aliphatic carbocycles. The second-order valence-corrected chi connectivity index (χ2v) is 2.59. The number of rotatable bonds is 2. The van der Waals surface area contributed by atoms with Gasteiger partial charge in [0, 0.05) is 0 Å². The van der Waals surface area contributed by atoms with Crippen LogP contribution < -0.4 is 0 Å². The third-order valence-corrected chi connectivity index (χ3v) is 1.26. The van der Waals surface area contributed by atoms with Crippen LogP contribution in [-0.2, 0) is 19.1 Å². The minimum atomic E-state index is -5.86. The van der Waals surface area contributed by atoms with E-state index in [0.29, 0.717) is 0 Å². The number of alkyl halides is 6. The molecule has 0 N–H and O–H groups in total. The first kappa shape index (κ1) is 15.5. The van der Waals surface area contributed by atoms with Crippen molar-refractivity contribution in [2.45, 2.75) is 25.4 Å². The number of hydrogen-bond donors (Lipinski definition) is 0. The number of ether oxygens (including phenoxy) is 2. The van der Waals surface area contributed by atoms with Gasteiger partial charge in [-0.1, -0.05) is 0 Å². The van der Waals surface area contributed by atoms with Gasteiger partial charge in [-0.3, -0.25) is 0 Å². The standard InChI is InChI=1S/C7H6F6O4/c1-2-16-3(14)4(15)17-5(6(8,9)10)7(11,12)13/h5H,2H2,1H3. The number of halogens is 6. The first-order chi connectivity index (χ1) is 7.50. The van der Waals surface area contributed by atoms with E-state index in [-0.39, 0.29) is 0 Å². The molecule has 17 heavy (non-hydrogen) atoms. The maximum absolute atomic E-state index is 11.9. The van der Waals surface area contributed by atoms with E-state index in [2.05, 4.69) is 9.47 Å². The quantitative estimate of drug-likeness (QED) is 0.433. The van der Waals surface area contributed by atoms with Crippen molar-refractivity contribution in [3.8, 4) is 0 Å². The normalized spacial score (nSPS) is 12.5. The van der Waals surface area contributed by atoms with Crippen molar-refractivity contribution in [3.05, 3.63) is 0 Å². The van der Waals surface area contributed by atoms with Crippen LogP contribution >= 0.6 is 0 Å². The topological polar surface area (TPSA) is 52.6 Å². The Bertz CT molecular complexity index is 280. The molecule has 0 radical (unpaired) electrons. The molecule has 0 rings (SSSR count). The molecule has 0 spiro atoms. The molecule has 0 aliphatic heterocycles. The van der Waals surface area contributed by atoms with Gasteiger partial charge in [0.25, 0.3) is 6.10 Å². The van der Waals surface area contributed by atoms with Crippen LogP contribution in [-0.4, -0.2) is 37.0 Å². The second kappa shape index (κ2) is 5.23. The summed E-state index contributed by atoms with van der Waals surface area (Å²) in [5.74, 6) is -4.28. The molecule has 10 heteroatoms. The van der Waals surface area contributed by atoms with Crippen LogP contribution in [0.2, 0.25) is 0 Å². The molecule has 0 aromatic heterocycles.